The lowest BCUT2D eigenvalue weighted by Gasteiger charge is -2.37. The number of aromatic nitrogens is 2. The molecule has 0 spiro atoms. The number of piperidine rings is 2. The number of carbonyl (C=O) groups excluding carboxylic acids is 1. The van der Waals surface area contributed by atoms with Gasteiger partial charge in [0.15, 0.2) is 0 Å². The molecular weight excluding hydrogens is 392 g/mol. The van der Waals surface area contributed by atoms with E-state index in [0.717, 1.165) is 79.3 Å². The Labute approximate surface area is 175 Å². The van der Waals surface area contributed by atoms with Crippen molar-refractivity contribution < 1.29 is 4.79 Å². The van der Waals surface area contributed by atoms with Gasteiger partial charge in [-0.15, -0.1) is 0 Å². The number of nitrogens with zero attached hydrogens (tertiary/aromatic N) is 4. The van der Waals surface area contributed by atoms with Crippen molar-refractivity contribution in [2.75, 3.05) is 31.1 Å². The van der Waals surface area contributed by atoms with E-state index in [9.17, 15) is 4.79 Å². The van der Waals surface area contributed by atoms with Gasteiger partial charge in [0.2, 0.25) is 11.0 Å². The SMILES string of the molecule is CC1CCN(C(=O)[C@H]2CCCN(c3nc(Cc4ccc(Cl)cc4)ns3)C2)CC1. The number of hydrogen-bond acceptors (Lipinski definition) is 5. The maximum absolute atomic E-state index is 13.0. The van der Waals surface area contributed by atoms with Crippen LogP contribution in [0.2, 0.25) is 5.02 Å². The van der Waals surface area contributed by atoms with Crippen molar-refractivity contribution in [2.45, 2.75) is 39.0 Å². The average molecular weight is 419 g/mol. The predicted molar refractivity (Wildman–Crippen MR) is 114 cm³/mol. The summed E-state index contributed by atoms with van der Waals surface area (Å²) in [4.78, 5) is 22.0. The Morgan fingerprint density at radius 3 is 2.68 bits per heavy atom. The van der Waals surface area contributed by atoms with Crippen LogP contribution in [-0.4, -0.2) is 46.3 Å². The molecule has 0 saturated carbocycles. The zero-order valence-electron chi connectivity index (χ0n) is 16.3. The van der Waals surface area contributed by atoms with Crippen LogP contribution in [0.15, 0.2) is 24.3 Å². The van der Waals surface area contributed by atoms with Crippen LogP contribution < -0.4 is 4.90 Å². The molecule has 5 nitrogen and oxygen atoms in total. The number of halogens is 1. The molecule has 0 N–H and O–H groups in total. The molecule has 1 atom stereocenters. The Kier molecular flexibility index (Phi) is 6.16. The van der Waals surface area contributed by atoms with Gasteiger partial charge < -0.3 is 9.80 Å². The Morgan fingerprint density at radius 1 is 1.18 bits per heavy atom. The highest BCUT2D eigenvalue weighted by Gasteiger charge is 2.31. The minimum atomic E-state index is 0.0887. The molecule has 0 unspecified atom stereocenters. The highest BCUT2D eigenvalue weighted by Crippen LogP contribution is 2.28. The van der Waals surface area contributed by atoms with E-state index < -0.39 is 0 Å². The molecule has 2 aliphatic rings. The van der Waals surface area contributed by atoms with Crippen LogP contribution in [0.3, 0.4) is 0 Å². The molecule has 4 rings (SSSR count). The third-order valence-corrected chi connectivity index (χ3v) is 6.94. The first-order valence-electron chi connectivity index (χ1n) is 10.2. The normalized spacial score (nSPS) is 21.1. The summed E-state index contributed by atoms with van der Waals surface area (Å²) in [7, 11) is 0. The fourth-order valence-corrected chi connectivity index (χ4v) is 4.92. The van der Waals surface area contributed by atoms with Gasteiger partial charge in [-0.2, -0.15) is 4.37 Å². The zero-order valence-corrected chi connectivity index (χ0v) is 17.9. The lowest BCUT2D eigenvalue weighted by Crippen LogP contribution is -2.47. The number of amides is 1. The lowest BCUT2D eigenvalue weighted by atomic mass is 9.94. The van der Waals surface area contributed by atoms with Crippen LogP contribution in [0.25, 0.3) is 0 Å². The van der Waals surface area contributed by atoms with Gasteiger partial charge in [-0.05, 0) is 49.3 Å². The van der Waals surface area contributed by atoms with E-state index in [1.807, 2.05) is 24.3 Å². The van der Waals surface area contributed by atoms with Crippen molar-refractivity contribution in [3.63, 3.8) is 0 Å². The lowest BCUT2D eigenvalue weighted by molar-refractivity contribution is -0.137. The van der Waals surface area contributed by atoms with E-state index in [-0.39, 0.29) is 5.92 Å². The third kappa shape index (κ3) is 4.66. The van der Waals surface area contributed by atoms with Gasteiger partial charge in [-0.25, -0.2) is 4.98 Å². The summed E-state index contributed by atoms with van der Waals surface area (Å²) >= 11 is 7.40. The van der Waals surface area contributed by atoms with Crippen LogP contribution in [0, 0.1) is 11.8 Å². The average Bonchev–Trinajstić information content (AvgIpc) is 3.18. The third-order valence-electron chi connectivity index (χ3n) is 5.87. The molecule has 28 heavy (non-hydrogen) atoms. The van der Waals surface area contributed by atoms with Crippen LogP contribution in [0.4, 0.5) is 5.13 Å². The number of likely N-dealkylation sites (tertiary alicyclic amines) is 1. The Morgan fingerprint density at radius 2 is 1.93 bits per heavy atom. The number of rotatable bonds is 4. The van der Waals surface area contributed by atoms with Crippen molar-refractivity contribution in [1.82, 2.24) is 14.3 Å². The molecule has 7 heteroatoms. The molecule has 0 bridgehead atoms. The smallest absolute Gasteiger partial charge is 0.227 e. The van der Waals surface area contributed by atoms with Gasteiger partial charge in [0.05, 0.1) is 5.92 Å². The fraction of sp³-hybridized carbons (Fsp3) is 0.571. The van der Waals surface area contributed by atoms with Crippen molar-refractivity contribution >= 4 is 34.2 Å². The summed E-state index contributed by atoms with van der Waals surface area (Å²) in [5.74, 6) is 2.00. The Balaban J connectivity index is 1.37. The maximum Gasteiger partial charge on any atom is 0.227 e. The van der Waals surface area contributed by atoms with E-state index in [2.05, 4.69) is 21.1 Å². The van der Waals surface area contributed by atoms with Crippen LogP contribution in [-0.2, 0) is 11.2 Å². The Hall–Kier alpha value is -1.66. The first-order chi connectivity index (χ1) is 13.6. The Bertz CT molecular complexity index is 801. The number of carbonyl (C=O) groups is 1. The van der Waals surface area contributed by atoms with Gasteiger partial charge in [0.1, 0.15) is 5.82 Å². The molecule has 0 aliphatic carbocycles. The molecular formula is C21H27ClN4OS. The van der Waals surface area contributed by atoms with Gasteiger partial charge in [0, 0.05) is 49.2 Å². The topological polar surface area (TPSA) is 49.3 Å². The van der Waals surface area contributed by atoms with Gasteiger partial charge >= 0.3 is 0 Å². The molecule has 1 aromatic heterocycles. The number of benzene rings is 1. The summed E-state index contributed by atoms with van der Waals surface area (Å²) in [6.45, 7) is 5.83. The summed E-state index contributed by atoms with van der Waals surface area (Å²) < 4.78 is 4.54. The molecule has 1 aromatic carbocycles. The summed E-state index contributed by atoms with van der Waals surface area (Å²) in [5.41, 5.74) is 1.15. The molecule has 0 radical (unpaired) electrons. The molecule has 3 heterocycles. The highest BCUT2D eigenvalue weighted by molar-refractivity contribution is 7.09. The molecule has 2 aromatic rings. The number of anilines is 1. The quantitative estimate of drug-likeness (QED) is 0.744. The molecule has 2 fully saturated rings. The van der Waals surface area contributed by atoms with Crippen molar-refractivity contribution in [1.29, 1.82) is 0 Å². The second-order valence-electron chi connectivity index (χ2n) is 8.09. The van der Waals surface area contributed by atoms with Gasteiger partial charge in [0.25, 0.3) is 0 Å². The zero-order chi connectivity index (χ0) is 19.5. The van der Waals surface area contributed by atoms with E-state index in [0.29, 0.717) is 12.3 Å². The van der Waals surface area contributed by atoms with E-state index >= 15 is 0 Å². The van der Waals surface area contributed by atoms with Crippen molar-refractivity contribution in [3.8, 4) is 0 Å². The van der Waals surface area contributed by atoms with Gasteiger partial charge in [-0.3, -0.25) is 4.79 Å². The summed E-state index contributed by atoms with van der Waals surface area (Å²) in [6, 6.07) is 7.81. The summed E-state index contributed by atoms with van der Waals surface area (Å²) in [5, 5.41) is 1.68. The molecule has 2 saturated heterocycles. The first-order valence-corrected chi connectivity index (χ1v) is 11.3. The van der Waals surface area contributed by atoms with Gasteiger partial charge in [-0.1, -0.05) is 30.7 Å². The van der Waals surface area contributed by atoms with Crippen molar-refractivity contribution in [3.05, 3.63) is 40.7 Å². The van der Waals surface area contributed by atoms with Crippen LogP contribution >= 0.6 is 23.1 Å². The predicted octanol–water partition coefficient (Wildman–Crippen LogP) is 4.26. The second kappa shape index (κ2) is 8.78. The van der Waals surface area contributed by atoms with Crippen molar-refractivity contribution in [2.24, 2.45) is 11.8 Å². The molecule has 2 aliphatic heterocycles. The highest BCUT2D eigenvalue weighted by atomic mass is 35.5. The van der Waals surface area contributed by atoms with Crippen LogP contribution in [0.1, 0.15) is 44.0 Å². The van der Waals surface area contributed by atoms with E-state index in [1.54, 1.807) is 0 Å². The first kappa shape index (κ1) is 19.6. The monoisotopic (exact) mass is 418 g/mol. The maximum atomic E-state index is 13.0. The minimum absolute atomic E-state index is 0.0887. The molecule has 150 valence electrons. The van der Waals surface area contributed by atoms with Crippen LogP contribution in [0.5, 0.6) is 0 Å². The molecule has 1 amide bonds. The minimum Gasteiger partial charge on any atom is -0.346 e. The second-order valence-corrected chi connectivity index (χ2v) is 9.26. The van der Waals surface area contributed by atoms with E-state index in [4.69, 9.17) is 16.6 Å². The largest absolute Gasteiger partial charge is 0.346 e. The van der Waals surface area contributed by atoms with E-state index in [1.165, 1.54) is 11.5 Å². The summed E-state index contributed by atoms with van der Waals surface area (Å²) in [6.07, 6.45) is 4.99. The number of hydrogen-bond donors (Lipinski definition) is 0. The standard InChI is InChI=1S/C21H27ClN4OS/c1-15-8-11-25(12-9-15)20(27)17-3-2-10-26(14-17)21-23-19(24-28-21)13-16-4-6-18(22)7-5-16/h4-7,15,17H,2-3,8-14H2,1H3/t17-/m0/s1. The fourth-order valence-electron chi connectivity index (χ4n) is 4.07.